The maximum Gasteiger partial charge on any atom is -0.00258 e. The summed E-state index contributed by atoms with van der Waals surface area (Å²) in [6, 6.07) is 15.4. The van der Waals surface area contributed by atoms with E-state index in [0.717, 1.165) is 19.0 Å². The van der Waals surface area contributed by atoms with Crippen LogP contribution in [0.3, 0.4) is 0 Å². The van der Waals surface area contributed by atoms with E-state index in [1.54, 1.807) is 0 Å². The van der Waals surface area contributed by atoms with Gasteiger partial charge in [0.25, 0.3) is 0 Å². The van der Waals surface area contributed by atoms with Crippen molar-refractivity contribution in [3.05, 3.63) is 48.0 Å². The average molecular weight is 255 g/mol. The van der Waals surface area contributed by atoms with E-state index >= 15 is 0 Å². The van der Waals surface area contributed by atoms with Gasteiger partial charge in [-0.15, -0.1) is 0 Å². The molecule has 102 valence electrons. The largest absolute Gasteiger partial charge is 0.316 e. The molecule has 2 aromatic rings. The number of rotatable bonds is 6. The molecule has 1 nitrogen and oxygen atoms in total. The molecule has 0 spiro atoms. The topological polar surface area (TPSA) is 12.0 Å². The lowest BCUT2D eigenvalue weighted by Gasteiger charge is -2.14. The van der Waals surface area contributed by atoms with Crippen LogP contribution in [0.1, 0.15) is 38.7 Å². The zero-order valence-corrected chi connectivity index (χ0v) is 12.3. The van der Waals surface area contributed by atoms with E-state index in [-0.39, 0.29) is 0 Å². The zero-order chi connectivity index (χ0) is 13.7. The smallest absolute Gasteiger partial charge is 0.00258 e. The van der Waals surface area contributed by atoms with Gasteiger partial charge in [-0.25, -0.2) is 0 Å². The molecule has 1 atom stereocenters. The fourth-order valence-corrected chi connectivity index (χ4v) is 2.39. The third-order valence-electron chi connectivity index (χ3n) is 3.65. The van der Waals surface area contributed by atoms with Crippen LogP contribution in [-0.4, -0.2) is 13.1 Å². The monoisotopic (exact) mass is 255 g/mol. The Morgan fingerprint density at radius 2 is 1.68 bits per heavy atom. The summed E-state index contributed by atoms with van der Waals surface area (Å²) >= 11 is 0. The molecule has 0 heterocycles. The summed E-state index contributed by atoms with van der Waals surface area (Å²) in [7, 11) is 0. The molecule has 1 heteroatoms. The average Bonchev–Trinajstić information content (AvgIpc) is 2.42. The fourth-order valence-electron chi connectivity index (χ4n) is 2.39. The van der Waals surface area contributed by atoms with Gasteiger partial charge in [-0.2, -0.15) is 0 Å². The maximum absolute atomic E-state index is 3.52. The van der Waals surface area contributed by atoms with Crippen LogP contribution in [-0.2, 0) is 0 Å². The van der Waals surface area contributed by atoms with E-state index in [4.69, 9.17) is 0 Å². The van der Waals surface area contributed by atoms with Crippen LogP contribution in [0.25, 0.3) is 10.8 Å². The van der Waals surface area contributed by atoms with Gasteiger partial charge >= 0.3 is 0 Å². The van der Waals surface area contributed by atoms with Gasteiger partial charge in [-0.3, -0.25) is 0 Å². The molecule has 0 saturated carbocycles. The first-order chi connectivity index (χ1) is 9.16. The van der Waals surface area contributed by atoms with Crippen molar-refractivity contribution in [1.82, 2.24) is 5.32 Å². The number of nitrogens with one attached hydrogen (secondary N) is 1. The van der Waals surface area contributed by atoms with E-state index in [0.29, 0.717) is 5.92 Å². The van der Waals surface area contributed by atoms with Gasteiger partial charge in [0.1, 0.15) is 0 Å². The molecule has 1 unspecified atom stereocenters. The standard InChI is InChI=1S/C18H25N/c1-14(2)13-19-11-10-15(3)17-9-8-16-6-4-5-7-18(16)12-17/h4-9,12,14-15,19H,10-11,13H2,1-3H3. The molecule has 0 radical (unpaired) electrons. The summed E-state index contributed by atoms with van der Waals surface area (Å²) in [6.07, 6.45) is 1.20. The first kappa shape index (κ1) is 14.1. The highest BCUT2D eigenvalue weighted by Crippen LogP contribution is 2.23. The third-order valence-corrected chi connectivity index (χ3v) is 3.65. The van der Waals surface area contributed by atoms with Crippen molar-refractivity contribution in [3.8, 4) is 0 Å². The highest BCUT2D eigenvalue weighted by Gasteiger charge is 2.06. The lowest BCUT2D eigenvalue weighted by atomic mass is 9.95. The highest BCUT2D eigenvalue weighted by atomic mass is 14.8. The number of benzene rings is 2. The summed E-state index contributed by atoms with van der Waals surface area (Å²) < 4.78 is 0. The number of hydrogen-bond acceptors (Lipinski definition) is 1. The van der Waals surface area contributed by atoms with Gasteiger partial charge < -0.3 is 5.32 Å². The molecular formula is C18H25N. The minimum atomic E-state index is 0.615. The molecule has 0 aliphatic heterocycles. The number of hydrogen-bond donors (Lipinski definition) is 1. The van der Waals surface area contributed by atoms with Crippen LogP contribution in [0, 0.1) is 5.92 Å². The zero-order valence-electron chi connectivity index (χ0n) is 12.3. The van der Waals surface area contributed by atoms with Crippen LogP contribution in [0.5, 0.6) is 0 Å². The minimum absolute atomic E-state index is 0.615. The van der Waals surface area contributed by atoms with Gasteiger partial charge in [0.15, 0.2) is 0 Å². The van der Waals surface area contributed by atoms with Crippen molar-refractivity contribution in [2.75, 3.05) is 13.1 Å². The van der Waals surface area contributed by atoms with Crippen molar-refractivity contribution in [2.45, 2.75) is 33.1 Å². The normalized spacial score (nSPS) is 13.1. The lowest BCUT2D eigenvalue weighted by molar-refractivity contribution is 0.525. The summed E-state index contributed by atoms with van der Waals surface area (Å²) in [4.78, 5) is 0. The van der Waals surface area contributed by atoms with Gasteiger partial charge in [-0.1, -0.05) is 63.2 Å². The Balaban J connectivity index is 1.95. The van der Waals surface area contributed by atoms with Gasteiger partial charge in [0.05, 0.1) is 0 Å². The molecule has 0 saturated heterocycles. The van der Waals surface area contributed by atoms with E-state index < -0.39 is 0 Å². The Labute approximate surface area is 117 Å². The molecule has 0 amide bonds. The van der Waals surface area contributed by atoms with E-state index in [9.17, 15) is 0 Å². The van der Waals surface area contributed by atoms with Crippen molar-refractivity contribution in [2.24, 2.45) is 5.92 Å². The Morgan fingerprint density at radius 3 is 2.42 bits per heavy atom. The Kier molecular flexibility index (Phi) is 4.98. The summed E-state index contributed by atoms with van der Waals surface area (Å²) in [5, 5.41) is 6.20. The molecule has 19 heavy (non-hydrogen) atoms. The third kappa shape index (κ3) is 4.07. The van der Waals surface area contributed by atoms with Crippen molar-refractivity contribution >= 4 is 10.8 Å². The number of fused-ring (bicyclic) bond motifs is 1. The second-order valence-electron chi connectivity index (χ2n) is 5.89. The summed E-state index contributed by atoms with van der Waals surface area (Å²) in [5.41, 5.74) is 1.45. The lowest BCUT2D eigenvalue weighted by Crippen LogP contribution is -2.21. The van der Waals surface area contributed by atoms with E-state index in [2.05, 4.69) is 68.6 Å². The van der Waals surface area contributed by atoms with Crippen molar-refractivity contribution < 1.29 is 0 Å². The van der Waals surface area contributed by atoms with Crippen LogP contribution in [0.15, 0.2) is 42.5 Å². The highest BCUT2D eigenvalue weighted by molar-refractivity contribution is 5.83. The van der Waals surface area contributed by atoms with Crippen LogP contribution in [0.2, 0.25) is 0 Å². The Morgan fingerprint density at radius 1 is 0.947 bits per heavy atom. The van der Waals surface area contributed by atoms with Crippen LogP contribution >= 0.6 is 0 Å². The second kappa shape index (κ2) is 6.72. The van der Waals surface area contributed by atoms with E-state index in [1.165, 1.54) is 22.8 Å². The molecule has 2 rings (SSSR count). The molecule has 0 bridgehead atoms. The molecule has 0 aliphatic carbocycles. The van der Waals surface area contributed by atoms with Crippen LogP contribution in [0.4, 0.5) is 0 Å². The fraction of sp³-hybridized carbons (Fsp3) is 0.444. The predicted molar refractivity (Wildman–Crippen MR) is 84.7 cm³/mol. The SMILES string of the molecule is CC(C)CNCCC(C)c1ccc2ccccc2c1. The molecule has 1 N–H and O–H groups in total. The second-order valence-corrected chi connectivity index (χ2v) is 5.89. The van der Waals surface area contributed by atoms with Crippen molar-refractivity contribution in [1.29, 1.82) is 0 Å². The summed E-state index contributed by atoms with van der Waals surface area (Å²) in [5.74, 6) is 1.35. The van der Waals surface area contributed by atoms with Crippen LogP contribution < -0.4 is 5.32 Å². The van der Waals surface area contributed by atoms with Gasteiger partial charge in [0, 0.05) is 0 Å². The van der Waals surface area contributed by atoms with Gasteiger partial charge in [-0.05, 0) is 47.7 Å². The molecule has 2 aromatic carbocycles. The molecule has 0 aromatic heterocycles. The molecule has 0 fully saturated rings. The molecule has 0 aliphatic rings. The summed E-state index contributed by atoms with van der Waals surface area (Å²) in [6.45, 7) is 9.04. The van der Waals surface area contributed by atoms with Crippen molar-refractivity contribution in [3.63, 3.8) is 0 Å². The first-order valence-corrected chi connectivity index (χ1v) is 7.36. The van der Waals surface area contributed by atoms with E-state index in [1.807, 2.05) is 0 Å². The Hall–Kier alpha value is -1.34. The first-order valence-electron chi connectivity index (χ1n) is 7.36. The maximum atomic E-state index is 3.52. The van der Waals surface area contributed by atoms with Gasteiger partial charge in [0.2, 0.25) is 0 Å². The predicted octanol–water partition coefficient (Wildman–Crippen LogP) is 4.58. The minimum Gasteiger partial charge on any atom is -0.316 e. The Bertz CT molecular complexity index is 516. The molecular weight excluding hydrogens is 230 g/mol. The quantitative estimate of drug-likeness (QED) is 0.745.